The lowest BCUT2D eigenvalue weighted by atomic mass is 10.3. The summed E-state index contributed by atoms with van der Waals surface area (Å²) in [6.45, 7) is 5.53. The first kappa shape index (κ1) is 9.73. The van der Waals surface area contributed by atoms with Crippen molar-refractivity contribution in [1.29, 1.82) is 0 Å². The maximum absolute atomic E-state index is 5.30. The molecule has 0 spiro atoms. The zero-order valence-electron chi connectivity index (χ0n) is 6.15. The molecule has 0 bridgehead atoms. The van der Waals surface area contributed by atoms with Crippen molar-refractivity contribution in [2.24, 2.45) is 0 Å². The molecule has 0 rings (SSSR count). The smallest absolute Gasteiger partial charge is 0.0146 e. The zero-order chi connectivity index (χ0) is 7.66. The molecule has 0 saturated heterocycles. The van der Waals surface area contributed by atoms with Gasteiger partial charge < -0.3 is 5.32 Å². The Morgan fingerprint density at radius 1 is 1.50 bits per heavy atom. The predicted molar refractivity (Wildman–Crippen MR) is 47.3 cm³/mol. The highest BCUT2D eigenvalue weighted by atomic mass is 35.5. The van der Waals surface area contributed by atoms with Crippen molar-refractivity contribution in [3.8, 4) is 0 Å². The van der Waals surface area contributed by atoms with Gasteiger partial charge >= 0.3 is 0 Å². The Morgan fingerprint density at radius 2 is 2.30 bits per heavy atom. The van der Waals surface area contributed by atoms with Gasteiger partial charge in [-0.1, -0.05) is 23.8 Å². The molecular weight excluding hydrogens is 146 g/mol. The molecule has 0 aliphatic heterocycles. The standard InChI is InChI=1S/C8H14ClN/c1-2-3-4-7-10-8-5-6-9/h2,5-6,10H,1,3-4,7-8H2/b6-5+. The molecule has 1 nitrogen and oxygen atoms in total. The third-order valence-electron chi connectivity index (χ3n) is 1.11. The molecule has 1 N–H and O–H groups in total. The fourth-order valence-corrected chi connectivity index (χ4v) is 0.690. The maximum atomic E-state index is 5.30. The van der Waals surface area contributed by atoms with E-state index in [0.29, 0.717) is 0 Å². The predicted octanol–water partition coefficient (Wildman–Crippen LogP) is 2.29. The second-order valence-corrected chi connectivity index (χ2v) is 2.25. The number of halogens is 1. The Balaban J connectivity index is 2.83. The molecule has 0 amide bonds. The van der Waals surface area contributed by atoms with E-state index in [4.69, 9.17) is 11.6 Å². The fourth-order valence-electron chi connectivity index (χ4n) is 0.601. The zero-order valence-corrected chi connectivity index (χ0v) is 6.90. The first-order chi connectivity index (χ1) is 4.91. The van der Waals surface area contributed by atoms with Crippen LogP contribution in [-0.2, 0) is 0 Å². The Kier molecular flexibility index (Phi) is 8.49. The SMILES string of the molecule is C=CCCCNC/C=C/Cl. The van der Waals surface area contributed by atoms with E-state index in [9.17, 15) is 0 Å². The topological polar surface area (TPSA) is 12.0 Å². The van der Waals surface area contributed by atoms with Crippen LogP contribution in [-0.4, -0.2) is 13.1 Å². The Bertz CT molecular complexity index is 99.4. The van der Waals surface area contributed by atoms with Crippen LogP contribution in [0.2, 0.25) is 0 Å². The summed E-state index contributed by atoms with van der Waals surface area (Å²) >= 11 is 5.30. The maximum Gasteiger partial charge on any atom is 0.0146 e. The molecule has 0 heterocycles. The number of hydrogen-bond donors (Lipinski definition) is 1. The van der Waals surface area contributed by atoms with Crippen LogP contribution in [0, 0.1) is 0 Å². The first-order valence-corrected chi connectivity index (χ1v) is 3.92. The van der Waals surface area contributed by atoms with Crippen LogP contribution in [0.1, 0.15) is 12.8 Å². The molecule has 0 saturated carbocycles. The van der Waals surface area contributed by atoms with Crippen LogP contribution in [0.25, 0.3) is 0 Å². The van der Waals surface area contributed by atoms with E-state index in [-0.39, 0.29) is 0 Å². The summed E-state index contributed by atoms with van der Waals surface area (Å²) in [6, 6.07) is 0. The van der Waals surface area contributed by atoms with Crippen LogP contribution in [0.5, 0.6) is 0 Å². The summed E-state index contributed by atoms with van der Waals surface area (Å²) in [7, 11) is 0. The van der Waals surface area contributed by atoms with Crippen LogP contribution in [0.4, 0.5) is 0 Å². The van der Waals surface area contributed by atoms with Crippen molar-refractivity contribution < 1.29 is 0 Å². The minimum absolute atomic E-state index is 0.862. The van der Waals surface area contributed by atoms with Gasteiger partial charge in [0.25, 0.3) is 0 Å². The van der Waals surface area contributed by atoms with Gasteiger partial charge in [0.2, 0.25) is 0 Å². The molecule has 0 atom stereocenters. The molecule has 0 unspecified atom stereocenters. The summed E-state index contributed by atoms with van der Waals surface area (Å²) in [5.74, 6) is 0. The lowest BCUT2D eigenvalue weighted by Gasteiger charge is -1.97. The summed E-state index contributed by atoms with van der Waals surface area (Å²) in [5.41, 5.74) is 1.53. The molecule has 0 radical (unpaired) electrons. The number of unbranched alkanes of at least 4 members (excludes halogenated alkanes) is 1. The second-order valence-electron chi connectivity index (χ2n) is 2.00. The summed E-state index contributed by atoms with van der Waals surface area (Å²) < 4.78 is 0. The highest BCUT2D eigenvalue weighted by molar-refractivity contribution is 6.25. The van der Waals surface area contributed by atoms with Gasteiger partial charge in [-0.05, 0) is 19.4 Å². The molecule has 2 heteroatoms. The largest absolute Gasteiger partial charge is 0.313 e. The van der Waals surface area contributed by atoms with Gasteiger partial charge in [-0.2, -0.15) is 0 Å². The molecule has 0 aliphatic carbocycles. The van der Waals surface area contributed by atoms with Gasteiger partial charge in [0.1, 0.15) is 0 Å². The fraction of sp³-hybridized carbons (Fsp3) is 0.500. The van der Waals surface area contributed by atoms with Crippen LogP contribution < -0.4 is 5.32 Å². The average molecular weight is 160 g/mol. The van der Waals surface area contributed by atoms with Crippen molar-refractivity contribution in [2.45, 2.75) is 12.8 Å². The highest BCUT2D eigenvalue weighted by Gasteiger charge is 1.81. The second kappa shape index (κ2) is 8.73. The van der Waals surface area contributed by atoms with Gasteiger partial charge in [-0.15, -0.1) is 6.58 Å². The first-order valence-electron chi connectivity index (χ1n) is 3.48. The van der Waals surface area contributed by atoms with Crippen molar-refractivity contribution in [3.05, 3.63) is 24.3 Å². The molecule has 0 aromatic carbocycles. The average Bonchev–Trinajstić information content (AvgIpc) is 1.97. The van der Waals surface area contributed by atoms with E-state index in [2.05, 4.69) is 11.9 Å². The van der Waals surface area contributed by atoms with Crippen LogP contribution in [0.3, 0.4) is 0 Å². The van der Waals surface area contributed by atoms with Gasteiger partial charge in [0.15, 0.2) is 0 Å². The highest BCUT2D eigenvalue weighted by Crippen LogP contribution is 1.85. The van der Waals surface area contributed by atoms with Crippen molar-refractivity contribution in [1.82, 2.24) is 5.32 Å². The minimum Gasteiger partial charge on any atom is -0.313 e. The van der Waals surface area contributed by atoms with Gasteiger partial charge in [0, 0.05) is 12.1 Å². The van der Waals surface area contributed by atoms with E-state index >= 15 is 0 Å². The molecule has 58 valence electrons. The number of allylic oxidation sites excluding steroid dienone is 1. The molecule has 0 fully saturated rings. The lowest BCUT2D eigenvalue weighted by molar-refractivity contribution is 0.701. The lowest BCUT2D eigenvalue weighted by Crippen LogP contribution is -2.14. The number of hydrogen-bond acceptors (Lipinski definition) is 1. The summed E-state index contributed by atoms with van der Waals surface area (Å²) in [4.78, 5) is 0. The van der Waals surface area contributed by atoms with E-state index in [0.717, 1.165) is 25.9 Å². The van der Waals surface area contributed by atoms with Gasteiger partial charge in [-0.25, -0.2) is 0 Å². The van der Waals surface area contributed by atoms with Crippen molar-refractivity contribution >= 4 is 11.6 Å². The Hall–Kier alpha value is -0.270. The Morgan fingerprint density at radius 3 is 2.90 bits per heavy atom. The van der Waals surface area contributed by atoms with Crippen molar-refractivity contribution in [3.63, 3.8) is 0 Å². The molecule has 10 heavy (non-hydrogen) atoms. The van der Waals surface area contributed by atoms with Crippen LogP contribution in [0.15, 0.2) is 24.3 Å². The molecular formula is C8H14ClN. The monoisotopic (exact) mass is 159 g/mol. The number of nitrogens with one attached hydrogen (secondary N) is 1. The van der Waals surface area contributed by atoms with Crippen LogP contribution >= 0.6 is 11.6 Å². The third kappa shape index (κ3) is 7.73. The van der Waals surface area contributed by atoms with Gasteiger partial charge in [-0.3, -0.25) is 0 Å². The minimum atomic E-state index is 0.862. The number of rotatable bonds is 6. The van der Waals surface area contributed by atoms with E-state index in [1.165, 1.54) is 5.54 Å². The summed E-state index contributed by atoms with van der Waals surface area (Å²) in [5, 5.41) is 3.20. The molecule has 0 aromatic heterocycles. The summed E-state index contributed by atoms with van der Waals surface area (Å²) in [6.07, 6.45) is 6.05. The van der Waals surface area contributed by atoms with E-state index in [1.807, 2.05) is 12.2 Å². The normalized spacial score (nSPS) is 10.5. The molecule has 0 aliphatic rings. The Labute approximate surface area is 67.8 Å². The molecule has 0 aromatic rings. The van der Waals surface area contributed by atoms with Gasteiger partial charge in [0.05, 0.1) is 0 Å². The third-order valence-corrected chi connectivity index (χ3v) is 1.29. The quantitative estimate of drug-likeness (QED) is 0.463. The van der Waals surface area contributed by atoms with E-state index < -0.39 is 0 Å². The van der Waals surface area contributed by atoms with Crippen molar-refractivity contribution in [2.75, 3.05) is 13.1 Å². The van der Waals surface area contributed by atoms with E-state index in [1.54, 1.807) is 0 Å².